The van der Waals surface area contributed by atoms with E-state index in [1.54, 1.807) is 54.6 Å². The number of ether oxygens (including phenoxy) is 2. The van der Waals surface area contributed by atoms with Crippen molar-refractivity contribution in [3.8, 4) is 11.5 Å². The van der Waals surface area contributed by atoms with Gasteiger partial charge in [-0.2, -0.15) is 0 Å². The third-order valence-corrected chi connectivity index (χ3v) is 5.25. The van der Waals surface area contributed by atoms with Gasteiger partial charge in [-0.05, 0) is 66.9 Å². The molecular formula is C24H25N3O5S. The molecule has 0 fully saturated rings. The predicted molar refractivity (Wildman–Crippen MR) is 127 cm³/mol. The average molecular weight is 468 g/mol. The van der Waals surface area contributed by atoms with Crippen LogP contribution in [0.4, 0.5) is 5.69 Å². The molecule has 0 saturated carbocycles. The van der Waals surface area contributed by atoms with Gasteiger partial charge in [-0.25, -0.2) is 0 Å². The summed E-state index contributed by atoms with van der Waals surface area (Å²) in [5.41, 5.74) is 0.998. The molecule has 9 heteroatoms. The molecule has 3 amide bonds. The van der Waals surface area contributed by atoms with Gasteiger partial charge in [0.1, 0.15) is 11.5 Å². The Labute approximate surface area is 195 Å². The molecule has 8 nitrogen and oxygen atoms in total. The molecule has 172 valence electrons. The van der Waals surface area contributed by atoms with E-state index in [-0.39, 0.29) is 24.3 Å². The van der Waals surface area contributed by atoms with Crippen LogP contribution in [0.5, 0.6) is 11.5 Å². The molecule has 0 radical (unpaired) electrons. The van der Waals surface area contributed by atoms with E-state index in [0.29, 0.717) is 41.6 Å². The van der Waals surface area contributed by atoms with Gasteiger partial charge in [0.25, 0.3) is 17.7 Å². The van der Waals surface area contributed by atoms with Crippen molar-refractivity contribution in [1.29, 1.82) is 0 Å². The summed E-state index contributed by atoms with van der Waals surface area (Å²) in [4.78, 5) is 36.8. The lowest BCUT2D eigenvalue weighted by molar-refractivity contribution is -0.118. The lowest BCUT2D eigenvalue weighted by atomic mass is 10.2. The number of hydrogen-bond acceptors (Lipinski definition) is 6. The van der Waals surface area contributed by atoms with E-state index < -0.39 is 0 Å². The number of thiophene rings is 1. The molecule has 0 atom stereocenters. The summed E-state index contributed by atoms with van der Waals surface area (Å²) in [6.45, 7) is 2.97. The van der Waals surface area contributed by atoms with E-state index in [0.717, 1.165) is 5.75 Å². The molecule has 2 aromatic carbocycles. The van der Waals surface area contributed by atoms with Crippen molar-refractivity contribution in [1.82, 2.24) is 10.6 Å². The summed E-state index contributed by atoms with van der Waals surface area (Å²) in [6, 6.07) is 17.1. The third kappa shape index (κ3) is 7.65. The van der Waals surface area contributed by atoms with E-state index in [9.17, 15) is 14.4 Å². The molecule has 1 aromatic heterocycles. The van der Waals surface area contributed by atoms with Crippen molar-refractivity contribution < 1.29 is 23.9 Å². The molecule has 0 unspecified atom stereocenters. The lowest BCUT2D eigenvalue weighted by Gasteiger charge is -2.09. The van der Waals surface area contributed by atoms with Gasteiger partial charge < -0.3 is 25.4 Å². The molecule has 1 heterocycles. The molecule has 0 aliphatic rings. The zero-order valence-electron chi connectivity index (χ0n) is 18.1. The summed E-state index contributed by atoms with van der Waals surface area (Å²) in [5.74, 6) is 0.555. The van der Waals surface area contributed by atoms with Gasteiger partial charge >= 0.3 is 0 Å². The van der Waals surface area contributed by atoms with Gasteiger partial charge in [0.05, 0.1) is 11.5 Å². The van der Waals surface area contributed by atoms with Gasteiger partial charge in [0, 0.05) is 24.3 Å². The second kappa shape index (κ2) is 12.3. The molecular weight excluding hydrogens is 442 g/mol. The highest BCUT2D eigenvalue weighted by molar-refractivity contribution is 7.12. The fourth-order valence-electron chi connectivity index (χ4n) is 2.80. The SMILES string of the molecule is CCOc1ccc(OCC(=O)Nc2ccc(C(=O)NCCNC(=O)c3cccs3)cc2)cc1. The minimum Gasteiger partial charge on any atom is -0.494 e. The van der Waals surface area contributed by atoms with Crippen molar-refractivity contribution in [2.24, 2.45) is 0 Å². The Hall–Kier alpha value is -3.85. The number of nitrogens with one attached hydrogen (secondary N) is 3. The van der Waals surface area contributed by atoms with E-state index in [2.05, 4.69) is 16.0 Å². The summed E-state index contributed by atoms with van der Waals surface area (Å²) < 4.78 is 10.8. The fraction of sp³-hybridized carbons (Fsp3) is 0.208. The van der Waals surface area contributed by atoms with Crippen molar-refractivity contribution >= 4 is 34.7 Å². The lowest BCUT2D eigenvalue weighted by Crippen LogP contribution is -2.34. The number of benzene rings is 2. The second-order valence-electron chi connectivity index (χ2n) is 6.81. The van der Waals surface area contributed by atoms with E-state index in [1.165, 1.54) is 11.3 Å². The maximum Gasteiger partial charge on any atom is 0.262 e. The van der Waals surface area contributed by atoms with Crippen molar-refractivity contribution in [2.45, 2.75) is 6.92 Å². The average Bonchev–Trinajstić information content (AvgIpc) is 3.37. The maximum absolute atomic E-state index is 12.2. The van der Waals surface area contributed by atoms with Gasteiger partial charge in [0.2, 0.25) is 0 Å². The number of carbonyl (C=O) groups excluding carboxylic acids is 3. The Morgan fingerprint density at radius 3 is 2.06 bits per heavy atom. The van der Waals surface area contributed by atoms with Crippen LogP contribution in [0, 0.1) is 0 Å². The molecule has 3 aromatic rings. The Kier molecular flexibility index (Phi) is 8.84. The number of hydrogen-bond donors (Lipinski definition) is 3. The first kappa shape index (κ1) is 23.8. The fourth-order valence-corrected chi connectivity index (χ4v) is 3.44. The van der Waals surface area contributed by atoms with E-state index in [4.69, 9.17) is 9.47 Å². The molecule has 0 aliphatic carbocycles. The van der Waals surface area contributed by atoms with Gasteiger partial charge in [0.15, 0.2) is 6.61 Å². The molecule has 33 heavy (non-hydrogen) atoms. The minimum atomic E-state index is -0.317. The second-order valence-corrected chi connectivity index (χ2v) is 7.76. The maximum atomic E-state index is 12.2. The van der Waals surface area contributed by atoms with Crippen LogP contribution in [-0.2, 0) is 4.79 Å². The predicted octanol–water partition coefficient (Wildman–Crippen LogP) is 3.32. The highest BCUT2D eigenvalue weighted by Gasteiger charge is 2.09. The first-order valence-electron chi connectivity index (χ1n) is 10.4. The number of carbonyl (C=O) groups is 3. The zero-order valence-corrected chi connectivity index (χ0v) is 18.9. The van der Waals surface area contributed by atoms with Crippen molar-refractivity contribution in [2.75, 3.05) is 31.6 Å². The van der Waals surface area contributed by atoms with Crippen LogP contribution in [-0.4, -0.2) is 44.0 Å². The minimum absolute atomic E-state index is 0.145. The van der Waals surface area contributed by atoms with Crippen LogP contribution in [0.2, 0.25) is 0 Å². The first-order chi connectivity index (χ1) is 16.0. The highest BCUT2D eigenvalue weighted by Crippen LogP contribution is 2.17. The molecule has 0 bridgehead atoms. The van der Waals surface area contributed by atoms with Crippen LogP contribution in [0.25, 0.3) is 0 Å². The summed E-state index contributed by atoms with van der Waals surface area (Å²) in [7, 11) is 0. The summed E-state index contributed by atoms with van der Waals surface area (Å²) in [5, 5.41) is 10.0. The Balaban J connectivity index is 1.37. The Morgan fingerprint density at radius 2 is 1.45 bits per heavy atom. The summed E-state index contributed by atoms with van der Waals surface area (Å²) in [6.07, 6.45) is 0. The normalized spacial score (nSPS) is 10.2. The number of rotatable bonds is 11. The quantitative estimate of drug-likeness (QED) is 0.375. The Bertz CT molecular complexity index is 1050. The Morgan fingerprint density at radius 1 is 0.818 bits per heavy atom. The monoisotopic (exact) mass is 467 g/mol. The smallest absolute Gasteiger partial charge is 0.262 e. The van der Waals surface area contributed by atoms with E-state index in [1.807, 2.05) is 18.4 Å². The van der Waals surface area contributed by atoms with Crippen LogP contribution in [0.15, 0.2) is 66.0 Å². The topological polar surface area (TPSA) is 106 Å². The van der Waals surface area contributed by atoms with Gasteiger partial charge in [-0.15, -0.1) is 11.3 Å². The van der Waals surface area contributed by atoms with Gasteiger partial charge in [-0.1, -0.05) is 6.07 Å². The highest BCUT2D eigenvalue weighted by atomic mass is 32.1. The first-order valence-corrected chi connectivity index (χ1v) is 11.3. The van der Waals surface area contributed by atoms with Crippen molar-refractivity contribution in [3.05, 3.63) is 76.5 Å². The number of amides is 3. The zero-order chi connectivity index (χ0) is 23.5. The van der Waals surface area contributed by atoms with Crippen LogP contribution < -0.4 is 25.4 Å². The molecule has 0 saturated heterocycles. The van der Waals surface area contributed by atoms with Gasteiger partial charge in [-0.3, -0.25) is 14.4 Å². The molecule has 3 N–H and O–H groups in total. The standard InChI is InChI=1S/C24H25N3O5S/c1-2-31-19-9-11-20(12-10-19)32-16-22(28)27-18-7-5-17(6-8-18)23(29)25-13-14-26-24(30)21-4-3-15-33-21/h3-12,15H,2,13-14,16H2,1H3,(H,25,29)(H,26,30)(H,27,28). The molecule has 3 rings (SSSR count). The van der Waals surface area contributed by atoms with E-state index >= 15 is 0 Å². The van der Waals surface area contributed by atoms with Crippen LogP contribution in [0.1, 0.15) is 27.0 Å². The van der Waals surface area contributed by atoms with Crippen LogP contribution in [0.3, 0.4) is 0 Å². The summed E-state index contributed by atoms with van der Waals surface area (Å²) >= 11 is 1.36. The largest absolute Gasteiger partial charge is 0.494 e. The molecule has 0 aliphatic heterocycles. The molecule has 0 spiro atoms. The van der Waals surface area contributed by atoms with Crippen LogP contribution >= 0.6 is 11.3 Å². The number of anilines is 1. The third-order valence-electron chi connectivity index (χ3n) is 4.38. The van der Waals surface area contributed by atoms with Crippen molar-refractivity contribution in [3.63, 3.8) is 0 Å².